The number of carbonyl (C=O) groups is 2. The van der Waals surface area contributed by atoms with Crippen molar-refractivity contribution in [2.75, 3.05) is 10.0 Å². The molecule has 0 bridgehead atoms. The Hall–Kier alpha value is -3.31. The summed E-state index contributed by atoms with van der Waals surface area (Å²) in [7, 11) is -4.19. The highest BCUT2D eigenvalue weighted by atomic mass is 32.2. The van der Waals surface area contributed by atoms with E-state index in [-0.39, 0.29) is 26.8 Å². The van der Waals surface area contributed by atoms with Crippen LogP contribution in [0.15, 0.2) is 58.3 Å². The summed E-state index contributed by atoms with van der Waals surface area (Å²) in [5.74, 6) is -2.62. The lowest BCUT2D eigenvalue weighted by atomic mass is 10.2. The van der Waals surface area contributed by atoms with Crippen molar-refractivity contribution < 1.29 is 27.5 Å². The van der Waals surface area contributed by atoms with E-state index < -0.39 is 27.7 Å². The van der Waals surface area contributed by atoms with Crippen LogP contribution in [-0.4, -0.2) is 30.4 Å². The molecule has 1 amide bonds. The summed E-state index contributed by atoms with van der Waals surface area (Å²) in [5, 5.41) is 12.6. The van der Waals surface area contributed by atoms with E-state index in [2.05, 4.69) is 15.0 Å². The molecule has 2 aromatic heterocycles. The number of nitrogens with one attached hydrogen (secondary N) is 2. The predicted octanol–water partition coefficient (Wildman–Crippen LogP) is 3.03. The molecule has 8 nitrogen and oxygen atoms in total. The smallest absolute Gasteiger partial charge is 0.336 e. The molecule has 3 N–H and O–H groups in total. The number of aromatic nitrogens is 1. The van der Waals surface area contributed by atoms with E-state index in [9.17, 15) is 22.4 Å². The summed E-state index contributed by atoms with van der Waals surface area (Å²) < 4.78 is 40.6. The fourth-order valence-electron chi connectivity index (χ4n) is 2.16. The van der Waals surface area contributed by atoms with Crippen molar-refractivity contribution in [1.82, 2.24) is 4.98 Å². The van der Waals surface area contributed by atoms with Crippen molar-refractivity contribution >= 4 is 44.6 Å². The molecule has 2 heterocycles. The molecular weight excluding hydrogens is 409 g/mol. The number of aromatic carboxylic acids is 1. The number of carboxylic acids is 1. The predicted molar refractivity (Wildman–Crippen MR) is 101 cm³/mol. The molecule has 0 aliphatic rings. The summed E-state index contributed by atoms with van der Waals surface area (Å²) in [6, 6.07) is 8.83. The number of rotatable bonds is 6. The quantitative estimate of drug-likeness (QED) is 0.562. The fraction of sp³-hybridized carbons (Fsp3) is 0. The lowest BCUT2D eigenvalue weighted by molar-refractivity contribution is 0.0697. The Bertz CT molecular complexity index is 1150. The number of carbonyl (C=O) groups excluding carboxylic acids is 1. The molecule has 3 rings (SSSR count). The zero-order valence-electron chi connectivity index (χ0n) is 13.9. The van der Waals surface area contributed by atoms with Gasteiger partial charge in [-0.3, -0.25) is 14.5 Å². The molecule has 144 valence electrons. The van der Waals surface area contributed by atoms with Crippen molar-refractivity contribution in [2.45, 2.75) is 4.21 Å². The highest BCUT2D eigenvalue weighted by Crippen LogP contribution is 2.28. The van der Waals surface area contributed by atoms with Gasteiger partial charge in [0.2, 0.25) is 0 Å². The second-order valence-electron chi connectivity index (χ2n) is 5.42. The van der Waals surface area contributed by atoms with Gasteiger partial charge in [0.25, 0.3) is 15.9 Å². The van der Waals surface area contributed by atoms with Crippen molar-refractivity contribution in [3.05, 3.63) is 71.1 Å². The number of carboxylic acid groups (broad SMARTS) is 1. The standard InChI is InChI=1S/C17H12FN3O5S2/c18-11-4-5-12(20-16(22)13-3-1-2-6-19-13)14(8-11)21-28(25,26)15-7-10(9-27-15)17(23)24/h1-9,21H,(H,20,22)(H,23,24). The van der Waals surface area contributed by atoms with E-state index in [1.54, 1.807) is 12.1 Å². The molecule has 0 radical (unpaired) electrons. The Balaban J connectivity index is 1.90. The molecule has 0 unspecified atom stereocenters. The van der Waals surface area contributed by atoms with E-state index in [0.29, 0.717) is 11.3 Å². The fourth-order valence-corrected chi connectivity index (χ4v) is 4.38. The third-order valence-electron chi connectivity index (χ3n) is 3.46. The number of hydrogen-bond donors (Lipinski definition) is 3. The van der Waals surface area contributed by atoms with Gasteiger partial charge in [0, 0.05) is 17.6 Å². The summed E-state index contributed by atoms with van der Waals surface area (Å²) in [6.45, 7) is 0. The first-order valence-corrected chi connectivity index (χ1v) is 9.99. The highest BCUT2D eigenvalue weighted by Gasteiger charge is 2.21. The third kappa shape index (κ3) is 4.32. The molecule has 1 aromatic carbocycles. The summed E-state index contributed by atoms with van der Waals surface area (Å²) in [5.41, 5.74) is -0.302. The number of amides is 1. The van der Waals surface area contributed by atoms with Gasteiger partial charge in [0.1, 0.15) is 15.7 Å². The Morgan fingerprint density at radius 3 is 2.54 bits per heavy atom. The maximum atomic E-state index is 13.7. The minimum absolute atomic E-state index is 0.00985. The minimum atomic E-state index is -4.19. The van der Waals surface area contributed by atoms with Crippen LogP contribution in [-0.2, 0) is 10.0 Å². The number of hydrogen-bond acceptors (Lipinski definition) is 6. The van der Waals surface area contributed by atoms with Gasteiger partial charge in [-0.15, -0.1) is 11.3 Å². The number of pyridine rings is 1. The van der Waals surface area contributed by atoms with Crippen LogP contribution in [0.4, 0.5) is 15.8 Å². The lowest BCUT2D eigenvalue weighted by Gasteiger charge is -2.13. The van der Waals surface area contributed by atoms with E-state index in [4.69, 9.17) is 5.11 Å². The molecule has 0 atom stereocenters. The van der Waals surface area contributed by atoms with Crippen LogP contribution in [0.3, 0.4) is 0 Å². The second kappa shape index (κ2) is 7.74. The molecule has 0 saturated heterocycles. The van der Waals surface area contributed by atoms with Gasteiger partial charge in [-0.2, -0.15) is 0 Å². The van der Waals surface area contributed by atoms with Crippen LogP contribution >= 0.6 is 11.3 Å². The Kier molecular flexibility index (Phi) is 5.38. The van der Waals surface area contributed by atoms with Gasteiger partial charge >= 0.3 is 5.97 Å². The zero-order chi connectivity index (χ0) is 20.3. The summed E-state index contributed by atoms with van der Waals surface area (Å²) in [4.78, 5) is 27.1. The number of halogens is 1. The normalized spacial score (nSPS) is 11.0. The second-order valence-corrected chi connectivity index (χ2v) is 8.24. The monoisotopic (exact) mass is 421 g/mol. The van der Waals surface area contributed by atoms with Crippen molar-refractivity contribution in [2.24, 2.45) is 0 Å². The van der Waals surface area contributed by atoms with E-state index >= 15 is 0 Å². The van der Waals surface area contributed by atoms with Gasteiger partial charge in [0.15, 0.2) is 0 Å². The zero-order valence-corrected chi connectivity index (χ0v) is 15.6. The number of sulfonamides is 1. The Labute approximate surface area is 162 Å². The average molecular weight is 421 g/mol. The third-order valence-corrected chi connectivity index (χ3v) is 6.26. The number of nitrogens with zero attached hydrogens (tertiary/aromatic N) is 1. The molecule has 0 spiro atoms. The van der Waals surface area contributed by atoms with Crippen LogP contribution in [0.5, 0.6) is 0 Å². The lowest BCUT2D eigenvalue weighted by Crippen LogP contribution is -2.17. The van der Waals surface area contributed by atoms with Crippen LogP contribution in [0, 0.1) is 5.82 Å². The van der Waals surface area contributed by atoms with E-state index in [1.807, 2.05) is 0 Å². The molecule has 0 aliphatic carbocycles. The molecule has 0 saturated carbocycles. The van der Waals surface area contributed by atoms with Gasteiger partial charge in [-0.1, -0.05) is 6.07 Å². The largest absolute Gasteiger partial charge is 0.478 e. The first kappa shape index (κ1) is 19.5. The average Bonchev–Trinajstić information content (AvgIpc) is 3.16. The van der Waals surface area contributed by atoms with Gasteiger partial charge in [0.05, 0.1) is 16.9 Å². The van der Waals surface area contributed by atoms with Crippen molar-refractivity contribution in [1.29, 1.82) is 0 Å². The maximum Gasteiger partial charge on any atom is 0.336 e. The number of anilines is 2. The van der Waals surface area contributed by atoms with Crippen molar-refractivity contribution in [3.8, 4) is 0 Å². The molecular formula is C17H12FN3O5S2. The summed E-state index contributed by atoms with van der Waals surface area (Å²) in [6.07, 6.45) is 1.42. The first-order valence-electron chi connectivity index (χ1n) is 7.63. The molecule has 0 aliphatic heterocycles. The molecule has 0 fully saturated rings. The van der Waals surface area contributed by atoms with Crippen LogP contribution in [0.1, 0.15) is 20.8 Å². The highest BCUT2D eigenvalue weighted by molar-refractivity contribution is 7.94. The van der Waals surface area contributed by atoms with E-state index in [1.165, 1.54) is 23.7 Å². The Morgan fingerprint density at radius 1 is 1.11 bits per heavy atom. The van der Waals surface area contributed by atoms with E-state index in [0.717, 1.165) is 18.2 Å². The first-order chi connectivity index (χ1) is 13.3. The Morgan fingerprint density at radius 2 is 1.89 bits per heavy atom. The molecule has 3 aromatic rings. The molecule has 11 heteroatoms. The SMILES string of the molecule is O=C(O)c1csc(S(=O)(=O)Nc2cc(F)ccc2NC(=O)c2ccccn2)c1. The van der Waals surface area contributed by atoms with Gasteiger partial charge in [-0.25, -0.2) is 17.6 Å². The minimum Gasteiger partial charge on any atom is -0.478 e. The van der Waals surface area contributed by atoms with Crippen molar-refractivity contribution in [3.63, 3.8) is 0 Å². The topological polar surface area (TPSA) is 125 Å². The van der Waals surface area contributed by atoms with Gasteiger partial charge < -0.3 is 10.4 Å². The maximum absolute atomic E-state index is 13.7. The molecule has 28 heavy (non-hydrogen) atoms. The van der Waals surface area contributed by atoms with Crippen LogP contribution in [0.2, 0.25) is 0 Å². The van der Waals surface area contributed by atoms with Gasteiger partial charge in [-0.05, 0) is 30.3 Å². The number of thiophene rings is 1. The van der Waals surface area contributed by atoms with Crippen LogP contribution < -0.4 is 10.0 Å². The summed E-state index contributed by atoms with van der Waals surface area (Å²) >= 11 is 0.703. The number of benzene rings is 1. The van der Waals surface area contributed by atoms with Crippen LogP contribution in [0.25, 0.3) is 0 Å².